The summed E-state index contributed by atoms with van der Waals surface area (Å²) < 4.78 is 0. The molecule has 0 aliphatic heterocycles. The monoisotopic (exact) mass is 261 g/mol. The number of benzene rings is 2. The Hall–Kier alpha value is -2.48. The first kappa shape index (κ1) is 12.5. The molecule has 0 aliphatic carbocycles. The van der Waals surface area contributed by atoms with Crippen molar-refractivity contribution in [2.45, 2.75) is 13.3 Å². The molecule has 98 valence electrons. The zero-order valence-electron chi connectivity index (χ0n) is 11.3. The van der Waals surface area contributed by atoms with Gasteiger partial charge in [0.15, 0.2) is 5.78 Å². The highest BCUT2D eigenvalue weighted by atomic mass is 16.1. The molecule has 0 spiro atoms. The van der Waals surface area contributed by atoms with Gasteiger partial charge in [0.1, 0.15) is 0 Å². The number of ketones is 1. The standard InChI is InChI=1S/C18H15NO/c1-13-9-10-19-12-17(13)18(20)11-15-7-4-6-14-5-2-3-8-16(14)15/h2-10,12H,11H2,1H3. The van der Waals surface area contributed by atoms with Crippen molar-refractivity contribution in [3.63, 3.8) is 0 Å². The van der Waals surface area contributed by atoms with E-state index in [0.29, 0.717) is 12.0 Å². The third kappa shape index (κ3) is 2.32. The molecule has 0 N–H and O–H groups in total. The summed E-state index contributed by atoms with van der Waals surface area (Å²) in [6, 6.07) is 16.1. The number of Topliss-reactive ketones (excluding diaryl/α,β-unsaturated/α-hetero) is 1. The number of aromatic nitrogens is 1. The van der Waals surface area contributed by atoms with Gasteiger partial charge >= 0.3 is 0 Å². The molecule has 0 bridgehead atoms. The molecule has 20 heavy (non-hydrogen) atoms. The molecule has 0 fully saturated rings. The minimum Gasteiger partial charge on any atom is -0.294 e. The number of hydrogen-bond donors (Lipinski definition) is 0. The van der Waals surface area contributed by atoms with Crippen LogP contribution in [0.4, 0.5) is 0 Å². The van der Waals surface area contributed by atoms with Crippen LogP contribution in [-0.2, 0) is 6.42 Å². The smallest absolute Gasteiger partial charge is 0.169 e. The zero-order chi connectivity index (χ0) is 13.9. The fourth-order valence-corrected chi connectivity index (χ4v) is 2.47. The van der Waals surface area contributed by atoms with Crippen LogP contribution in [0.3, 0.4) is 0 Å². The molecule has 2 aromatic carbocycles. The van der Waals surface area contributed by atoms with Gasteiger partial charge in [0.2, 0.25) is 0 Å². The lowest BCUT2D eigenvalue weighted by Crippen LogP contribution is -2.06. The van der Waals surface area contributed by atoms with Crippen molar-refractivity contribution in [3.05, 3.63) is 77.6 Å². The van der Waals surface area contributed by atoms with Crippen LogP contribution in [0.1, 0.15) is 21.5 Å². The van der Waals surface area contributed by atoms with Gasteiger partial charge in [0.25, 0.3) is 0 Å². The molecule has 3 rings (SSSR count). The van der Waals surface area contributed by atoms with Crippen LogP contribution in [0.25, 0.3) is 10.8 Å². The second-order valence-electron chi connectivity index (χ2n) is 4.93. The Morgan fingerprint density at radius 2 is 1.85 bits per heavy atom. The summed E-state index contributed by atoms with van der Waals surface area (Å²) in [6.07, 6.45) is 3.78. The molecule has 2 heteroatoms. The molecule has 0 amide bonds. The molecular weight excluding hydrogens is 246 g/mol. The third-order valence-corrected chi connectivity index (χ3v) is 3.57. The Labute approximate surface area is 118 Å². The fourth-order valence-electron chi connectivity index (χ4n) is 2.47. The largest absolute Gasteiger partial charge is 0.294 e. The number of carbonyl (C=O) groups is 1. The van der Waals surface area contributed by atoms with Gasteiger partial charge in [0, 0.05) is 24.4 Å². The number of carbonyl (C=O) groups excluding carboxylic acids is 1. The fraction of sp³-hybridized carbons (Fsp3) is 0.111. The third-order valence-electron chi connectivity index (χ3n) is 3.57. The van der Waals surface area contributed by atoms with Crippen molar-refractivity contribution in [2.75, 3.05) is 0 Å². The Morgan fingerprint density at radius 3 is 2.70 bits per heavy atom. The Morgan fingerprint density at radius 1 is 1.05 bits per heavy atom. The zero-order valence-corrected chi connectivity index (χ0v) is 11.3. The highest BCUT2D eigenvalue weighted by molar-refractivity contribution is 6.00. The molecular formula is C18H15NO. The van der Waals surface area contributed by atoms with Crippen LogP contribution in [0, 0.1) is 6.92 Å². The molecule has 0 radical (unpaired) electrons. The number of pyridine rings is 1. The first-order valence-corrected chi connectivity index (χ1v) is 6.66. The number of aryl methyl sites for hydroxylation is 1. The van der Waals surface area contributed by atoms with Gasteiger partial charge < -0.3 is 0 Å². The summed E-state index contributed by atoms with van der Waals surface area (Å²) in [6.45, 7) is 1.94. The van der Waals surface area contributed by atoms with Gasteiger partial charge in [0.05, 0.1) is 0 Å². The van der Waals surface area contributed by atoms with Gasteiger partial charge in [-0.1, -0.05) is 42.5 Å². The van der Waals surface area contributed by atoms with Crippen molar-refractivity contribution in [1.29, 1.82) is 0 Å². The van der Waals surface area contributed by atoms with E-state index in [2.05, 4.69) is 23.2 Å². The maximum Gasteiger partial charge on any atom is 0.169 e. The van der Waals surface area contributed by atoms with Crippen LogP contribution in [0.15, 0.2) is 60.9 Å². The second kappa shape index (κ2) is 5.25. The highest BCUT2D eigenvalue weighted by Crippen LogP contribution is 2.20. The quantitative estimate of drug-likeness (QED) is 0.668. The van der Waals surface area contributed by atoms with Crippen LogP contribution >= 0.6 is 0 Å². The summed E-state index contributed by atoms with van der Waals surface area (Å²) in [5.74, 6) is 0.118. The number of nitrogens with zero attached hydrogens (tertiary/aromatic N) is 1. The summed E-state index contributed by atoms with van der Waals surface area (Å²) in [4.78, 5) is 16.5. The van der Waals surface area contributed by atoms with E-state index < -0.39 is 0 Å². The van der Waals surface area contributed by atoms with Crippen molar-refractivity contribution in [1.82, 2.24) is 4.98 Å². The maximum atomic E-state index is 12.4. The van der Waals surface area contributed by atoms with E-state index in [9.17, 15) is 4.79 Å². The lowest BCUT2D eigenvalue weighted by Gasteiger charge is -2.07. The molecule has 3 aromatic rings. The predicted octanol–water partition coefficient (Wildman–Crippen LogP) is 3.97. The summed E-state index contributed by atoms with van der Waals surface area (Å²) >= 11 is 0. The van der Waals surface area contributed by atoms with Gasteiger partial charge in [-0.25, -0.2) is 0 Å². The van der Waals surface area contributed by atoms with Crippen LogP contribution in [0.5, 0.6) is 0 Å². The van der Waals surface area contributed by atoms with Gasteiger partial charge in [-0.05, 0) is 34.9 Å². The number of hydrogen-bond acceptors (Lipinski definition) is 2. The van der Waals surface area contributed by atoms with Gasteiger partial charge in [-0.3, -0.25) is 9.78 Å². The van der Waals surface area contributed by atoms with Crippen LogP contribution in [-0.4, -0.2) is 10.8 Å². The highest BCUT2D eigenvalue weighted by Gasteiger charge is 2.11. The normalized spacial score (nSPS) is 10.7. The molecule has 0 saturated carbocycles. The molecule has 0 saturated heterocycles. The van der Waals surface area contributed by atoms with Gasteiger partial charge in [-0.2, -0.15) is 0 Å². The molecule has 2 nitrogen and oxygen atoms in total. The first-order valence-electron chi connectivity index (χ1n) is 6.66. The average Bonchev–Trinajstić information content (AvgIpc) is 2.48. The van der Waals surface area contributed by atoms with E-state index in [1.807, 2.05) is 37.3 Å². The van der Waals surface area contributed by atoms with E-state index >= 15 is 0 Å². The summed E-state index contributed by atoms with van der Waals surface area (Å²) in [7, 11) is 0. The van der Waals surface area contributed by atoms with Crippen molar-refractivity contribution < 1.29 is 4.79 Å². The minimum absolute atomic E-state index is 0.118. The van der Waals surface area contributed by atoms with Crippen molar-refractivity contribution in [3.8, 4) is 0 Å². The van der Waals surface area contributed by atoms with Crippen LogP contribution < -0.4 is 0 Å². The Bertz CT molecular complexity index is 772. The number of rotatable bonds is 3. The summed E-state index contributed by atoms with van der Waals surface area (Å²) in [5.41, 5.74) is 2.75. The summed E-state index contributed by atoms with van der Waals surface area (Å²) in [5, 5.41) is 2.31. The molecule has 1 heterocycles. The predicted molar refractivity (Wildman–Crippen MR) is 81.0 cm³/mol. The second-order valence-corrected chi connectivity index (χ2v) is 4.93. The molecule has 0 atom stereocenters. The number of fused-ring (bicyclic) bond motifs is 1. The van der Waals surface area contributed by atoms with E-state index in [-0.39, 0.29) is 5.78 Å². The SMILES string of the molecule is Cc1ccncc1C(=O)Cc1cccc2ccccc12. The minimum atomic E-state index is 0.118. The topological polar surface area (TPSA) is 30.0 Å². The lowest BCUT2D eigenvalue weighted by atomic mass is 9.97. The van der Waals surface area contributed by atoms with Crippen molar-refractivity contribution in [2.24, 2.45) is 0 Å². The van der Waals surface area contributed by atoms with E-state index in [0.717, 1.165) is 16.5 Å². The molecule has 0 unspecified atom stereocenters. The Balaban J connectivity index is 1.98. The Kier molecular flexibility index (Phi) is 3.30. The van der Waals surface area contributed by atoms with E-state index in [1.165, 1.54) is 5.39 Å². The van der Waals surface area contributed by atoms with E-state index in [4.69, 9.17) is 0 Å². The van der Waals surface area contributed by atoms with Crippen LogP contribution in [0.2, 0.25) is 0 Å². The lowest BCUT2D eigenvalue weighted by molar-refractivity contribution is 0.0992. The average molecular weight is 261 g/mol. The van der Waals surface area contributed by atoms with Gasteiger partial charge in [-0.15, -0.1) is 0 Å². The van der Waals surface area contributed by atoms with E-state index in [1.54, 1.807) is 12.4 Å². The first-order chi connectivity index (χ1) is 9.75. The maximum absolute atomic E-state index is 12.4. The van der Waals surface area contributed by atoms with Crippen molar-refractivity contribution >= 4 is 16.6 Å². The molecule has 0 aliphatic rings. The molecule has 1 aromatic heterocycles.